The molecule has 0 radical (unpaired) electrons. The van der Waals surface area contributed by atoms with Gasteiger partial charge in [0.15, 0.2) is 18.9 Å². The van der Waals surface area contributed by atoms with Crippen LogP contribution >= 0.6 is 0 Å². The third-order valence-electron chi connectivity index (χ3n) is 16.6. The Morgan fingerprint density at radius 1 is 0.424 bits per heavy atom. The van der Waals surface area contributed by atoms with Gasteiger partial charge >= 0.3 is 0 Å². The van der Waals surface area contributed by atoms with Gasteiger partial charge in [0.05, 0.1) is 38.6 Å². The molecule has 17 atom stereocenters. The first-order valence-electron chi connectivity index (χ1n) is 33.4. The van der Waals surface area contributed by atoms with E-state index in [1.54, 1.807) is 6.08 Å². The molecule has 19 nitrogen and oxygen atoms in total. The maximum absolute atomic E-state index is 13.4. The number of unbranched alkanes of at least 4 members (excludes halogenated alkanes) is 28. The highest BCUT2D eigenvalue weighted by Crippen LogP contribution is 2.33. The van der Waals surface area contributed by atoms with E-state index in [9.17, 15) is 61.0 Å². The first kappa shape index (κ1) is 77.0. The van der Waals surface area contributed by atoms with Crippen LogP contribution in [0.15, 0.2) is 48.6 Å². The van der Waals surface area contributed by atoms with Crippen LogP contribution in [0.4, 0.5) is 0 Å². The topological polar surface area (TPSA) is 307 Å². The highest BCUT2D eigenvalue weighted by molar-refractivity contribution is 5.76. The van der Waals surface area contributed by atoms with E-state index in [1.807, 2.05) is 6.08 Å². The van der Waals surface area contributed by atoms with E-state index < -0.39 is 124 Å². The molecule has 3 aliphatic heterocycles. The second-order valence-corrected chi connectivity index (χ2v) is 23.9. The van der Waals surface area contributed by atoms with Gasteiger partial charge in [-0.05, 0) is 57.8 Å². The van der Waals surface area contributed by atoms with Crippen LogP contribution in [0.25, 0.3) is 0 Å². The molecule has 19 heteroatoms. The molecule has 12 N–H and O–H groups in total. The molecular formula is C66H119NO18. The molecule has 3 fully saturated rings. The summed E-state index contributed by atoms with van der Waals surface area (Å²) in [5.41, 5.74) is 0. The van der Waals surface area contributed by atoms with Gasteiger partial charge in [0.2, 0.25) is 5.91 Å². The lowest BCUT2D eigenvalue weighted by atomic mass is 9.96. The number of amides is 1. The van der Waals surface area contributed by atoms with Crippen LogP contribution in [0.1, 0.15) is 232 Å². The van der Waals surface area contributed by atoms with Gasteiger partial charge in [-0.2, -0.15) is 0 Å². The number of ether oxygens (including phenoxy) is 6. The number of aliphatic hydroxyl groups is 11. The summed E-state index contributed by atoms with van der Waals surface area (Å²) in [5.74, 6) is -0.280. The molecule has 0 aromatic carbocycles. The second-order valence-electron chi connectivity index (χ2n) is 23.9. The monoisotopic (exact) mass is 1210 g/mol. The third-order valence-corrected chi connectivity index (χ3v) is 16.6. The van der Waals surface area contributed by atoms with Crippen molar-refractivity contribution in [3.63, 3.8) is 0 Å². The average molecular weight is 1210 g/mol. The predicted octanol–water partition coefficient (Wildman–Crippen LogP) is 7.83. The third kappa shape index (κ3) is 31.4. The molecule has 3 rings (SSSR count). The molecule has 3 aliphatic rings. The Balaban J connectivity index is 1.45. The molecule has 496 valence electrons. The number of rotatable bonds is 50. The van der Waals surface area contributed by atoms with E-state index in [0.29, 0.717) is 6.42 Å². The number of aliphatic hydroxyl groups excluding tert-OH is 11. The standard InChI is InChI=1S/C66H119NO18/c1-3-5-7-9-11-13-15-17-19-20-21-22-23-24-25-26-27-28-30-32-34-36-38-40-42-44-54(72)67-49(50(71)43-41-39-37-35-33-31-29-18-16-14-12-10-8-6-4-2)48-80-64-60(78)57(75)62(52(46-69)82-64)85-66-61(79)58(76)63(53(47-70)83-66)84-65-59(77)56(74)55(73)51(45-68)81-65/h15,17,20-21,23-24,41,43,49-53,55-66,68-71,73-79H,3-14,16,18-19,22,25-40,42,44-48H2,1-2H3,(H,67,72)/b17-15-,21-20-,24-23-,43-41+. The normalized spacial score (nSPS) is 29.3. The lowest BCUT2D eigenvalue weighted by Gasteiger charge is -2.48. The van der Waals surface area contributed by atoms with Crippen molar-refractivity contribution in [2.75, 3.05) is 26.4 Å². The molecular weight excluding hydrogens is 1090 g/mol. The Morgan fingerprint density at radius 2 is 0.776 bits per heavy atom. The molecule has 0 spiro atoms. The number of carbonyl (C=O) groups is 1. The SMILES string of the molecule is CCCCCCC/C=C\C/C=C\C/C=C\CCCCCCCCCCCCC(=O)NC(COC1OC(CO)C(OC2OC(CO)C(OC3OC(CO)C(O)C(O)C3O)C(O)C2O)C(O)C1O)C(O)/C=C/CCCCCCCCCCCCCCC. The molecule has 3 heterocycles. The summed E-state index contributed by atoms with van der Waals surface area (Å²) in [6.07, 6.45) is 29.4. The maximum atomic E-state index is 13.4. The molecule has 85 heavy (non-hydrogen) atoms. The zero-order chi connectivity index (χ0) is 61.9. The van der Waals surface area contributed by atoms with Gasteiger partial charge in [0.25, 0.3) is 0 Å². The van der Waals surface area contributed by atoms with Gasteiger partial charge in [0.1, 0.15) is 73.2 Å². The smallest absolute Gasteiger partial charge is 0.220 e. The first-order chi connectivity index (χ1) is 41.3. The van der Waals surface area contributed by atoms with Crippen LogP contribution in [0.5, 0.6) is 0 Å². The largest absolute Gasteiger partial charge is 0.394 e. The fourth-order valence-electron chi connectivity index (χ4n) is 11.1. The maximum Gasteiger partial charge on any atom is 0.220 e. The summed E-state index contributed by atoms with van der Waals surface area (Å²) in [4.78, 5) is 13.4. The van der Waals surface area contributed by atoms with Gasteiger partial charge in [-0.15, -0.1) is 0 Å². The summed E-state index contributed by atoms with van der Waals surface area (Å²) in [7, 11) is 0. The van der Waals surface area contributed by atoms with Gasteiger partial charge < -0.3 is 89.9 Å². The fraction of sp³-hybridized carbons (Fsp3) is 0.864. The van der Waals surface area contributed by atoms with E-state index in [1.165, 1.54) is 135 Å². The molecule has 0 saturated carbocycles. The highest BCUT2D eigenvalue weighted by atomic mass is 16.8. The van der Waals surface area contributed by atoms with Crippen molar-refractivity contribution in [1.82, 2.24) is 5.32 Å². The van der Waals surface area contributed by atoms with Gasteiger partial charge in [-0.3, -0.25) is 4.79 Å². The Morgan fingerprint density at radius 3 is 1.21 bits per heavy atom. The van der Waals surface area contributed by atoms with E-state index in [-0.39, 0.29) is 18.9 Å². The van der Waals surface area contributed by atoms with E-state index in [2.05, 4.69) is 55.6 Å². The van der Waals surface area contributed by atoms with Crippen molar-refractivity contribution in [2.24, 2.45) is 0 Å². The van der Waals surface area contributed by atoms with Gasteiger partial charge in [-0.25, -0.2) is 0 Å². The average Bonchev–Trinajstić information content (AvgIpc) is 3.63. The van der Waals surface area contributed by atoms with E-state index in [0.717, 1.165) is 70.6 Å². The molecule has 0 aromatic rings. The lowest BCUT2D eigenvalue weighted by molar-refractivity contribution is -0.379. The first-order valence-corrected chi connectivity index (χ1v) is 33.4. The molecule has 0 aromatic heterocycles. The number of hydrogen-bond donors (Lipinski definition) is 12. The Hall–Kier alpha value is -2.25. The number of carbonyl (C=O) groups excluding carboxylic acids is 1. The number of allylic oxidation sites excluding steroid dienone is 7. The van der Waals surface area contributed by atoms with E-state index >= 15 is 0 Å². The minimum atomic E-state index is -1.98. The summed E-state index contributed by atoms with van der Waals surface area (Å²) in [6.45, 7) is 1.72. The Kier molecular flexibility index (Phi) is 44.0. The van der Waals surface area contributed by atoms with Crippen molar-refractivity contribution < 1.29 is 89.4 Å². The van der Waals surface area contributed by atoms with Crippen LogP contribution in [0, 0.1) is 0 Å². The van der Waals surface area contributed by atoms with Crippen LogP contribution in [0.3, 0.4) is 0 Å². The molecule has 3 saturated heterocycles. The number of nitrogens with one attached hydrogen (secondary N) is 1. The summed E-state index contributed by atoms with van der Waals surface area (Å²) < 4.78 is 34.3. The molecule has 17 unspecified atom stereocenters. The van der Waals surface area contributed by atoms with Crippen molar-refractivity contribution in [3.8, 4) is 0 Å². The van der Waals surface area contributed by atoms with Gasteiger partial charge in [0, 0.05) is 6.42 Å². The van der Waals surface area contributed by atoms with Crippen LogP contribution < -0.4 is 5.32 Å². The predicted molar refractivity (Wildman–Crippen MR) is 328 cm³/mol. The van der Waals surface area contributed by atoms with Gasteiger partial charge in [-0.1, -0.05) is 217 Å². The van der Waals surface area contributed by atoms with Crippen molar-refractivity contribution in [1.29, 1.82) is 0 Å². The van der Waals surface area contributed by atoms with Crippen molar-refractivity contribution in [2.45, 2.75) is 336 Å². The summed E-state index contributed by atoms with van der Waals surface area (Å²) in [5, 5.41) is 120. The van der Waals surface area contributed by atoms with Crippen molar-refractivity contribution in [3.05, 3.63) is 48.6 Å². The number of hydrogen-bond acceptors (Lipinski definition) is 18. The van der Waals surface area contributed by atoms with Crippen LogP contribution in [-0.2, 0) is 33.2 Å². The van der Waals surface area contributed by atoms with Crippen molar-refractivity contribution >= 4 is 5.91 Å². The summed E-state index contributed by atoms with van der Waals surface area (Å²) >= 11 is 0. The lowest BCUT2D eigenvalue weighted by Crippen LogP contribution is -2.66. The molecule has 0 aliphatic carbocycles. The zero-order valence-corrected chi connectivity index (χ0v) is 52.1. The minimum Gasteiger partial charge on any atom is -0.394 e. The highest BCUT2D eigenvalue weighted by Gasteiger charge is 2.53. The fourth-order valence-corrected chi connectivity index (χ4v) is 11.1. The quantitative estimate of drug-likeness (QED) is 0.0204. The molecule has 0 bridgehead atoms. The molecule has 1 amide bonds. The van der Waals surface area contributed by atoms with E-state index in [4.69, 9.17) is 28.4 Å². The Labute approximate surface area is 510 Å². The van der Waals surface area contributed by atoms with Crippen LogP contribution in [0.2, 0.25) is 0 Å². The minimum absolute atomic E-state index is 0.238. The van der Waals surface area contributed by atoms with Crippen LogP contribution in [-0.4, -0.2) is 193 Å². The zero-order valence-electron chi connectivity index (χ0n) is 52.1. The Bertz CT molecular complexity index is 1740. The summed E-state index contributed by atoms with van der Waals surface area (Å²) in [6, 6.07) is -0.976. The second kappa shape index (κ2) is 48.6.